The molecule has 0 aromatic rings. The molecule has 0 heterocycles. The molecule has 0 aromatic heterocycles. The minimum Gasteiger partial charge on any atom is -0.481 e. The summed E-state index contributed by atoms with van der Waals surface area (Å²) in [6.45, 7) is 5.86. The predicted octanol–water partition coefficient (Wildman–Crippen LogP) is 3.76. The van der Waals surface area contributed by atoms with E-state index in [1.54, 1.807) is 6.08 Å². The number of hydrogen-bond donors (Lipinski definition) is 4. The molecule has 28 heavy (non-hydrogen) atoms. The third-order valence-corrected chi connectivity index (χ3v) is 6.84. The molecule has 0 amide bonds. The van der Waals surface area contributed by atoms with Crippen LogP contribution in [0.3, 0.4) is 0 Å². The molecule has 2 rings (SSSR count). The van der Waals surface area contributed by atoms with Crippen molar-refractivity contribution in [2.75, 3.05) is 0 Å². The van der Waals surface area contributed by atoms with Crippen LogP contribution in [-0.4, -0.2) is 44.7 Å². The molecule has 2 aliphatic rings. The quantitative estimate of drug-likeness (QED) is 0.297. The lowest BCUT2D eigenvalue weighted by Crippen LogP contribution is -2.28. The number of rotatable bonds is 12. The Morgan fingerprint density at radius 3 is 2.46 bits per heavy atom. The van der Waals surface area contributed by atoms with Crippen molar-refractivity contribution in [3.05, 3.63) is 12.2 Å². The van der Waals surface area contributed by atoms with Gasteiger partial charge >= 0.3 is 5.97 Å². The predicted molar refractivity (Wildman–Crippen MR) is 110 cm³/mol. The molecule has 0 aliphatic heterocycles. The number of carboxylic acid groups (broad SMARTS) is 1. The Balaban J connectivity index is 1.89. The van der Waals surface area contributed by atoms with Crippen molar-refractivity contribution in [3.8, 4) is 0 Å². The van der Waals surface area contributed by atoms with Crippen LogP contribution < -0.4 is 0 Å². The van der Waals surface area contributed by atoms with Crippen LogP contribution in [0.4, 0.5) is 0 Å². The topological polar surface area (TPSA) is 98.0 Å². The van der Waals surface area contributed by atoms with Crippen LogP contribution in [-0.2, 0) is 4.79 Å². The van der Waals surface area contributed by atoms with Gasteiger partial charge in [-0.25, -0.2) is 0 Å². The van der Waals surface area contributed by atoms with Crippen molar-refractivity contribution in [2.45, 2.75) is 96.8 Å². The van der Waals surface area contributed by atoms with Crippen LogP contribution >= 0.6 is 0 Å². The fourth-order valence-electron chi connectivity index (χ4n) is 4.61. The standard InChI is InChI=1S/C23H40O5/c1-4-5-12-23(2,3)21(26)11-10-17-16(19(24)14-20(17)25)9-7-6-8-15-13-18(15)22(27)28/h10-11,15-21,24-26H,4-9,12-14H2,1-3H3,(H,27,28)/t15-,16-,17-,18-,19+,20-,21-/m1/s1/i21D. The molecule has 0 spiro atoms. The van der Waals surface area contributed by atoms with Crippen molar-refractivity contribution in [3.63, 3.8) is 0 Å². The number of unbranched alkanes of at least 4 members (excludes halogenated alkanes) is 2. The minimum atomic E-state index is -1.72. The molecular formula is C23H40O5. The average Bonchev–Trinajstić information content (AvgIpc) is 3.35. The lowest BCUT2D eigenvalue weighted by atomic mass is 9.80. The Bertz CT molecular complexity index is 574. The second kappa shape index (κ2) is 10.2. The van der Waals surface area contributed by atoms with E-state index in [-0.39, 0.29) is 17.8 Å². The zero-order chi connectivity index (χ0) is 21.8. The Morgan fingerprint density at radius 1 is 1.18 bits per heavy atom. The monoisotopic (exact) mass is 397 g/mol. The first-order valence-electron chi connectivity index (χ1n) is 11.5. The normalized spacial score (nSPS) is 35.7. The van der Waals surface area contributed by atoms with Crippen LogP contribution in [0, 0.1) is 29.1 Å². The summed E-state index contributed by atoms with van der Waals surface area (Å²) in [6.07, 6.45) is 7.53. The Hall–Kier alpha value is -0.910. The number of hydrogen-bond acceptors (Lipinski definition) is 4. The van der Waals surface area contributed by atoms with Gasteiger partial charge in [-0.1, -0.05) is 58.6 Å². The molecule has 0 bridgehead atoms. The maximum absolute atomic E-state index is 10.9. The molecule has 0 aromatic carbocycles. The first-order chi connectivity index (χ1) is 13.5. The van der Waals surface area contributed by atoms with E-state index in [4.69, 9.17) is 6.48 Å². The maximum atomic E-state index is 10.9. The van der Waals surface area contributed by atoms with E-state index in [1.807, 2.05) is 13.8 Å². The van der Waals surface area contributed by atoms with Gasteiger partial charge in [0.15, 0.2) is 0 Å². The second-order valence-electron chi connectivity index (χ2n) is 9.57. The van der Waals surface area contributed by atoms with E-state index >= 15 is 0 Å². The smallest absolute Gasteiger partial charge is 0.306 e. The zero-order valence-corrected chi connectivity index (χ0v) is 17.7. The van der Waals surface area contributed by atoms with Crippen LogP contribution in [0.15, 0.2) is 12.2 Å². The van der Waals surface area contributed by atoms with Crippen LogP contribution in [0.2, 0.25) is 0 Å². The van der Waals surface area contributed by atoms with Gasteiger partial charge in [0, 0.05) is 12.3 Å². The van der Waals surface area contributed by atoms with E-state index in [0.29, 0.717) is 12.3 Å². The van der Waals surface area contributed by atoms with Gasteiger partial charge in [-0.05, 0) is 42.9 Å². The Kier molecular flexibility index (Phi) is 7.95. The van der Waals surface area contributed by atoms with Gasteiger partial charge in [0.25, 0.3) is 0 Å². The SMILES string of the molecule is [2H][C@@](O)(C=C[C@@H]1[C@@H](CCCC[C@@H]2C[C@H]2C(=O)O)[C@@H](O)C[C@H]1O)C(C)(C)CCCC. The number of carboxylic acids is 1. The highest BCUT2D eigenvalue weighted by Crippen LogP contribution is 2.43. The van der Waals surface area contributed by atoms with Gasteiger partial charge in [-0.3, -0.25) is 4.79 Å². The summed E-state index contributed by atoms with van der Waals surface area (Å²) in [5, 5.41) is 40.5. The number of aliphatic hydroxyl groups is 3. The third-order valence-electron chi connectivity index (χ3n) is 6.84. The van der Waals surface area contributed by atoms with E-state index < -0.39 is 29.7 Å². The molecule has 7 atom stereocenters. The highest BCUT2D eigenvalue weighted by atomic mass is 16.4. The summed E-state index contributed by atoms with van der Waals surface area (Å²) in [5.74, 6) is -0.928. The summed E-state index contributed by atoms with van der Waals surface area (Å²) in [5.41, 5.74) is -0.595. The molecule has 0 radical (unpaired) electrons. The molecule has 2 fully saturated rings. The molecule has 4 N–H and O–H groups in total. The van der Waals surface area contributed by atoms with E-state index in [2.05, 4.69) is 6.92 Å². The highest BCUT2D eigenvalue weighted by Gasteiger charge is 2.43. The molecule has 162 valence electrons. The van der Waals surface area contributed by atoms with Gasteiger partial charge in [-0.2, -0.15) is 0 Å². The van der Waals surface area contributed by atoms with Gasteiger partial charge < -0.3 is 20.4 Å². The summed E-state index contributed by atoms with van der Waals surface area (Å²) in [7, 11) is 0. The molecule has 5 heteroatoms. The molecule has 0 saturated heterocycles. The van der Waals surface area contributed by atoms with Crippen LogP contribution in [0.25, 0.3) is 0 Å². The summed E-state index contributed by atoms with van der Waals surface area (Å²) < 4.78 is 8.41. The van der Waals surface area contributed by atoms with Crippen LogP contribution in [0.5, 0.6) is 0 Å². The average molecular weight is 398 g/mol. The molecule has 0 unspecified atom stereocenters. The first-order valence-corrected chi connectivity index (χ1v) is 11.0. The summed E-state index contributed by atoms with van der Waals surface area (Å²) in [4.78, 5) is 10.9. The van der Waals surface area contributed by atoms with Crippen molar-refractivity contribution in [1.82, 2.24) is 0 Å². The summed E-state index contributed by atoms with van der Waals surface area (Å²) in [6, 6.07) is 0. The molecule has 5 nitrogen and oxygen atoms in total. The van der Waals surface area contributed by atoms with E-state index in [9.17, 15) is 20.1 Å². The summed E-state index contributed by atoms with van der Waals surface area (Å²) >= 11 is 0. The third kappa shape index (κ3) is 6.30. The zero-order valence-electron chi connectivity index (χ0n) is 18.7. The fourth-order valence-corrected chi connectivity index (χ4v) is 4.61. The number of aliphatic hydroxyl groups excluding tert-OH is 2. The highest BCUT2D eigenvalue weighted by molar-refractivity contribution is 5.73. The molecular weight excluding hydrogens is 356 g/mol. The fraction of sp³-hybridized carbons (Fsp3) is 0.870. The van der Waals surface area contributed by atoms with Gasteiger partial charge in [0.05, 0.1) is 25.6 Å². The minimum absolute atomic E-state index is 0.0923. The second-order valence-corrected chi connectivity index (χ2v) is 9.57. The van der Waals surface area contributed by atoms with Crippen molar-refractivity contribution in [1.29, 1.82) is 0 Å². The Morgan fingerprint density at radius 2 is 1.86 bits per heavy atom. The lowest BCUT2D eigenvalue weighted by molar-refractivity contribution is -0.138. The molecule has 2 saturated carbocycles. The Labute approximate surface area is 171 Å². The van der Waals surface area contributed by atoms with Gasteiger partial charge in [0.1, 0.15) is 0 Å². The molecule has 2 aliphatic carbocycles. The largest absolute Gasteiger partial charge is 0.481 e. The van der Waals surface area contributed by atoms with Crippen molar-refractivity contribution < 1.29 is 26.6 Å². The maximum Gasteiger partial charge on any atom is 0.306 e. The van der Waals surface area contributed by atoms with Gasteiger partial charge in [-0.15, -0.1) is 0 Å². The van der Waals surface area contributed by atoms with Crippen molar-refractivity contribution >= 4 is 5.97 Å². The number of carbonyl (C=O) groups is 1. The first kappa shape index (κ1) is 21.8. The van der Waals surface area contributed by atoms with E-state index in [1.165, 1.54) is 6.08 Å². The van der Waals surface area contributed by atoms with Crippen LogP contribution in [0.1, 0.15) is 79.9 Å². The lowest BCUT2D eigenvalue weighted by Gasteiger charge is -2.29. The number of aliphatic carboxylic acids is 1. The van der Waals surface area contributed by atoms with Crippen molar-refractivity contribution in [2.24, 2.45) is 29.1 Å². The van der Waals surface area contributed by atoms with E-state index in [0.717, 1.165) is 51.4 Å². The van der Waals surface area contributed by atoms with Gasteiger partial charge in [0.2, 0.25) is 0 Å².